The molecule has 1 aliphatic heterocycles. The Morgan fingerprint density at radius 2 is 1.47 bits per heavy atom. The quantitative estimate of drug-likeness (QED) is 0.783. The predicted octanol–water partition coefficient (Wildman–Crippen LogP) is 2.11. The van der Waals surface area contributed by atoms with Crippen molar-refractivity contribution in [2.75, 3.05) is 13.1 Å². The van der Waals surface area contributed by atoms with Crippen molar-refractivity contribution in [1.82, 2.24) is 4.90 Å². The highest BCUT2D eigenvalue weighted by Crippen LogP contribution is 2.22. The van der Waals surface area contributed by atoms with Crippen molar-refractivity contribution in [3.8, 4) is 11.5 Å². The lowest BCUT2D eigenvalue weighted by Gasteiger charge is -2.20. The van der Waals surface area contributed by atoms with Crippen LogP contribution in [0, 0.1) is 0 Å². The van der Waals surface area contributed by atoms with Gasteiger partial charge in [-0.25, -0.2) is 0 Å². The van der Waals surface area contributed by atoms with Gasteiger partial charge in [0, 0.05) is 24.7 Å². The summed E-state index contributed by atoms with van der Waals surface area (Å²) in [4.78, 5) is 14.0. The van der Waals surface area contributed by atoms with Gasteiger partial charge in [-0.05, 0) is 25.0 Å². The van der Waals surface area contributed by atoms with Crippen molar-refractivity contribution in [3.05, 3.63) is 23.8 Å². The number of hydrogen-bond donors (Lipinski definition) is 2. The van der Waals surface area contributed by atoms with Crippen molar-refractivity contribution in [3.63, 3.8) is 0 Å². The Morgan fingerprint density at radius 3 is 2.00 bits per heavy atom. The highest BCUT2D eigenvalue weighted by molar-refractivity contribution is 5.95. The molecule has 0 spiro atoms. The maximum absolute atomic E-state index is 12.2. The van der Waals surface area contributed by atoms with E-state index in [1.807, 2.05) is 0 Å². The first-order chi connectivity index (χ1) is 8.16. The molecule has 0 atom stereocenters. The fourth-order valence-corrected chi connectivity index (χ4v) is 2.17. The lowest BCUT2D eigenvalue weighted by Crippen LogP contribution is -2.31. The Balaban J connectivity index is 2.17. The SMILES string of the molecule is O=C(c1cc(O)cc(O)c1)N1CCCCCC1. The third-order valence-corrected chi connectivity index (χ3v) is 3.04. The monoisotopic (exact) mass is 235 g/mol. The maximum atomic E-state index is 12.2. The number of benzene rings is 1. The Bertz CT molecular complexity index is 389. The number of carbonyl (C=O) groups excluding carboxylic acids is 1. The van der Waals surface area contributed by atoms with Gasteiger partial charge in [-0.3, -0.25) is 4.79 Å². The summed E-state index contributed by atoms with van der Waals surface area (Å²) >= 11 is 0. The Hall–Kier alpha value is -1.71. The van der Waals surface area contributed by atoms with Gasteiger partial charge >= 0.3 is 0 Å². The highest BCUT2D eigenvalue weighted by Gasteiger charge is 2.18. The minimum Gasteiger partial charge on any atom is -0.508 e. The van der Waals surface area contributed by atoms with Crippen LogP contribution in [0.15, 0.2) is 18.2 Å². The van der Waals surface area contributed by atoms with E-state index in [2.05, 4.69) is 0 Å². The Labute approximate surface area is 100 Å². The van der Waals surface area contributed by atoms with Crippen LogP contribution < -0.4 is 0 Å². The molecule has 0 radical (unpaired) electrons. The largest absolute Gasteiger partial charge is 0.508 e. The summed E-state index contributed by atoms with van der Waals surface area (Å²) < 4.78 is 0. The van der Waals surface area contributed by atoms with Crippen LogP contribution in [-0.4, -0.2) is 34.1 Å². The minimum atomic E-state index is -0.113. The molecule has 4 heteroatoms. The number of nitrogens with zero attached hydrogens (tertiary/aromatic N) is 1. The van der Waals surface area contributed by atoms with Crippen LogP contribution in [0.3, 0.4) is 0 Å². The molecule has 17 heavy (non-hydrogen) atoms. The molecule has 1 saturated heterocycles. The Morgan fingerprint density at radius 1 is 0.941 bits per heavy atom. The lowest BCUT2D eigenvalue weighted by atomic mass is 10.1. The number of carbonyl (C=O) groups is 1. The van der Waals surface area contributed by atoms with Crippen LogP contribution in [0.4, 0.5) is 0 Å². The van der Waals surface area contributed by atoms with Gasteiger partial charge in [-0.1, -0.05) is 12.8 Å². The second kappa shape index (κ2) is 5.08. The molecule has 0 saturated carbocycles. The van der Waals surface area contributed by atoms with Gasteiger partial charge in [0.2, 0.25) is 0 Å². The van der Waals surface area contributed by atoms with Crippen LogP contribution in [0.5, 0.6) is 11.5 Å². The lowest BCUT2D eigenvalue weighted by molar-refractivity contribution is 0.0761. The van der Waals surface area contributed by atoms with Crippen LogP contribution >= 0.6 is 0 Å². The average molecular weight is 235 g/mol. The standard InChI is InChI=1S/C13H17NO3/c15-11-7-10(8-12(16)9-11)13(17)14-5-3-1-2-4-6-14/h7-9,15-16H,1-6H2. The molecule has 1 heterocycles. The van der Waals surface area contributed by atoms with Crippen molar-refractivity contribution in [1.29, 1.82) is 0 Å². The van der Waals surface area contributed by atoms with Gasteiger partial charge in [0.1, 0.15) is 11.5 Å². The molecule has 0 bridgehead atoms. The number of likely N-dealkylation sites (tertiary alicyclic amines) is 1. The molecule has 0 aliphatic carbocycles. The molecular weight excluding hydrogens is 218 g/mol. The summed E-state index contributed by atoms with van der Waals surface area (Å²) in [6.45, 7) is 1.52. The topological polar surface area (TPSA) is 60.8 Å². The van der Waals surface area contributed by atoms with Crippen LogP contribution in [0.25, 0.3) is 0 Å². The maximum Gasteiger partial charge on any atom is 0.254 e. The van der Waals surface area contributed by atoms with E-state index in [1.54, 1.807) is 4.90 Å². The molecular formula is C13H17NO3. The number of aromatic hydroxyl groups is 2. The summed E-state index contributed by atoms with van der Waals surface area (Å²) in [7, 11) is 0. The zero-order valence-electron chi connectivity index (χ0n) is 9.72. The van der Waals surface area contributed by atoms with Crippen LogP contribution in [0.1, 0.15) is 36.0 Å². The number of phenols is 2. The highest BCUT2D eigenvalue weighted by atomic mass is 16.3. The number of rotatable bonds is 1. The average Bonchev–Trinajstić information content (AvgIpc) is 2.55. The van der Waals surface area contributed by atoms with Crippen molar-refractivity contribution < 1.29 is 15.0 Å². The molecule has 1 aromatic carbocycles. The van der Waals surface area contributed by atoms with E-state index in [0.29, 0.717) is 5.56 Å². The molecule has 92 valence electrons. The van der Waals surface area contributed by atoms with Gasteiger partial charge in [-0.15, -0.1) is 0 Å². The van der Waals surface area contributed by atoms with Gasteiger partial charge < -0.3 is 15.1 Å². The van der Waals surface area contributed by atoms with E-state index in [-0.39, 0.29) is 17.4 Å². The summed E-state index contributed by atoms with van der Waals surface area (Å²) in [5, 5.41) is 18.7. The Kier molecular flexibility index (Phi) is 3.52. The van der Waals surface area contributed by atoms with Crippen molar-refractivity contribution in [2.45, 2.75) is 25.7 Å². The first-order valence-corrected chi connectivity index (χ1v) is 5.99. The summed E-state index contributed by atoms with van der Waals surface area (Å²) in [5.74, 6) is -0.274. The van der Waals surface area contributed by atoms with Crippen LogP contribution in [-0.2, 0) is 0 Å². The van der Waals surface area contributed by atoms with Crippen LogP contribution in [0.2, 0.25) is 0 Å². The van der Waals surface area contributed by atoms with Gasteiger partial charge in [0.15, 0.2) is 0 Å². The number of phenolic OH excluding ortho intramolecular Hbond substituents is 2. The smallest absolute Gasteiger partial charge is 0.254 e. The second-order valence-electron chi connectivity index (χ2n) is 4.44. The van der Waals surface area contributed by atoms with Gasteiger partial charge in [-0.2, -0.15) is 0 Å². The molecule has 0 aromatic heterocycles. The molecule has 1 fully saturated rings. The summed E-state index contributed by atoms with van der Waals surface area (Å²) in [5.41, 5.74) is 0.351. The third kappa shape index (κ3) is 2.90. The fraction of sp³-hybridized carbons (Fsp3) is 0.462. The van der Waals surface area contributed by atoms with E-state index in [1.165, 1.54) is 18.2 Å². The predicted molar refractivity (Wildman–Crippen MR) is 64.1 cm³/mol. The fourth-order valence-electron chi connectivity index (χ4n) is 2.17. The van der Waals surface area contributed by atoms with E-state index < -0.39 is 0 Å². The summed E-state index contributed by atoms with van der Waals surface area (Å²) in [6.07, 6.45) is 4.37. The van der Waals surface area contributed by atoms with Crippen molar-refractivity contribution >= 4 is 5.91 Å². The molecule has 2 N–H and O–H groups in total. The molecule has 0 unspecified atom stereocenters. The molecule has 2 rings (SSSR count). The second-order valence-corrected chi connectivity index (χ2v) is 4.44. The first-order valence-electron chi connectivity index (χ1n) is 5.99. The number of amides is 1. The molecule has 1 amide bonds. The zero-order chi connectivity index (χ0) is 12.3. The molecule has 4 nitrogen and oxygen atoms in total. The van der Waals surface area contributed by atoms with E-state index >= 15 is 0 Å². The summed E-state index contributed by atoms with van der Waals surface area (Å²) in [6, 6.07) is 4.01. The van der Waals surface area contributed by atoms with Gasteiger partial charge in [0.25, 0.3) is 5.91 Å². The first kappa shape index (κ1) is 11.8. The van der Waals surface area contributed by atoms with Gasteiger partial charge in [0.05, 0.1) is 0 Å². The van der Waals surface area contributed by atoms with Crippen molar-refractivity contribution in [2.24, 2.45) is 0 Å². The zero-order valence-corrected chi connectivity index (χ0v) is 9.72. The third-order valence-electron chi connectivity index (χ3n) is 3.04. The molecule has 1 aromatic rings. The normalized spacial score (nSPS) is 16.6. The minimum absolute atomic E-state index is 0.0804. The van der Waals surface area contributed by atoms with E-state index in [9.17, 15) is 15.0 Å². The number of hydrogen-bond acceptors (Lipinski definition) is 3. The van der Waals surface area contributed by atoms with E-state index in [4.69, 9.17) is 0 Å². The van der Waals surface area contributed by atoms with E-state index in [0.717, 1.165) is 38.8 Å². The molecule has 1 aliphatic rings.